The first-order chi connectivity index (χ1) is 15.4. The molecule has 2 N–H and O–H groups in total. The molecule has 1 aromatic carbocycles. The Morgan fingerprint density at radius 3 is 2.56 bits per heavy atom. The van der Waals surface area contributed by atoms with Gasteiger partial charge < -0.3 is 10.6 Å². The van der Waals surface area contributed by atoms with Gasteiger partial charge in [-0.05, 0) is 62.1 Å². The van der Waals surface area contributed by atoms with Crippen LogP contribution in [0.4, 0.5) is 5.69 Å². The Bertz CT molecular complexity index is 1010. The number of pyridine rings is 1. The number of nitrogens with zero attached hydrogens (tertiary/aromatic N) is 1. The molecule has 1 aromatic heterocycles. The second-order valence-electron chi connectivity index (χ2n) is 7.88. The normalized spacial score (nSPS) is 18.7. The van der Waals surface area contributed by atoms with E-state index in [-0.39, 0.29) is 40.1 Å². The molecule has 2 aromatic rings. The molecule has 1 fully saturated rings. The van der Waals surface area contributed by atoms with Gasteiger partial charge in [-0.3, -0.25) is 14.6 Å². The summed E-state index contributed by atoms with van der Waals surface area (Å²) in [6.45, 7) is 2.42. The van der Waals surface area contributed by atoms with Crippen LogP contribution in [0.5, 0.6) is 0 Å². The molecular weight excluding hydrogens is 446 g/mol. The molecule has 1 saturated carbocycles. The molecule has 1 heterocycles. The van der Waals surface area contributed by atoms with Crippen molar-refractivity contribution in [2.75, 3.05) is 23.4 Å². The van der Waals surface area contributed by atoms with Gasteiger partial charge in [-0.25, -0.2) is 8.42 Å². The number of carbonyl (C=O) groups is 2. The summed E-state index contributed by atoms with van der Waals surface area (Å²) in [4.78, 5) is 29.5. The van der Waals surface area contributed by atoms with Crippen LogP contribution in [0.1, 0.15) is 32.6 Å². The number of anilines is 1. The van der Waals surface area contributed by atoms with Gasteiger partial charge in [0.05, 0.1) is 28.3 Å². The minimum atomic E-state index is -3.51. The summed E-state index contributed by atoms with van der Waals surface area (Å²) < 4.78 is 26.0. The smallest absolute Gasteiger partial charge is 0.234 e. The molecule has 0 aliphatic heterocycles. The second-order valence-corrected chi connectivity index (χ2v) is 11.0. The first kappa shape index (κ1) is 24.3. The third kappa shape index (κ3) is 6.80. The molecule has 1 aliphatic rings. The predicted octanol–water partition coefficient (Wildman–Crippen LogP) is 3.53. The summed E-state index contributed by atoms with van der Waals surface area (Å²) >= 11 is 1.33. The van der Waals surface area contributed by atoms with E-state index < -0.39 is 9.84 Å². The van der Waals surface area contributed by atoms with Crippen molar-refractivity contribution in [3.63, 3.8) is 0 Å². The fraction of sp³-hybridized carbons (Fsp3) is 0.435. The highest BCUT2D eigenvalue weighted by molar-refractivity contribution is 8.00. The van der Waals surface area contributed by atoms with E-state index in [0.717, 1.165) is 30.6 Å². The molecule has 9 heteroatoms. The maximum absolute atomic E-state index is 13.0. The topological polar surface area (TPSA) is 105 Å². The van der Waals surface area contributed by atoms with E-state index in [0.29, 0.717) is 12.2 Å². The monoisotopic (exact) mass is 475 g/mol. The lowest BCUT2D eigenvalue weighted by atomic mass is 9.80. The highest BCUT2D eigenvalue weighted by atomic mass is 32.2. The van der Waals surface area contributed by atoms with Gasteiger partial charge in [-0.15, -0.1) is 11.8 Å². The van der Waals surface area contributed by atoms with Gasteiger partial charge in [0.2, 0.25) is 11.8 Å². The Kier molecular flexibility index (Phi) is 8.69. The van der Waals surface area contributed by atoms with Crippen LogP contribution >= 0.6 is 11.8 Å². The average Bonchev–Trinajstić information content (AvgIpc) is 2.79. The first-order valence-corrected chi connectivity index (χ1v) is 13.5. The van der Waals surface area contributed by atoms with Gasteiger partial charge in [0, 0.05) is 23.6 Å². The lowest BCUT2D eigenvalue weighted by molar-refractivity contribution is -0.127. The fourth-order valence-corrected chi connectivity index (χ4v) is 6.37. The molecule has 0 radical (unpaired) electrons. The number of aromatic nitrogens is 1. The van der Waals surface area contributed by atoms with Crippen LogP contribution in [-0.2, 0) is 19.4 Å². The van der Waals surface area contributed by atoms with Crippen molar-refractivity contribution in [2.24, 2.45) is 11.8 Å². The van der Waals surface area contributed by atoms with Crippen molar-refractivity contribution in [1.82, 2.24) is 10.3 Å². The molecule has 0 bridgehead atoms. The molecule has 0 spiro atoms. The van der Waals surface area contributed by atoms with E-state index in [4.69, 9.17) is 0 Å². The van der Waals surface area contributed by atoms with Gasteiger partial charge in [0.25, 0.3) is 0 Å². The molecule has 32 heavy (non-hydrogen) atoms. The van der Waals surface area contributed by atoms with E-state index in [2.05, 4.69) is 15.6 Å². The van der Waals surface area contributed by atoms with Crippen molar-refractivity contribution < 1.29 is 18.0 Å². The zero-order valence-electron chi connectivity index (χ0n) is 18.1. The number of nitrogens with one attached hydrogen (secondary N) is 2. The van der Waals surface area contributed by atoms with Crippen LogP contribution in [0.15, 0.2) is 58.6 Å². The number of sulfone groups is 1. The molecule has 172 valence electrons. The van der Waals surface area contributed by atoms with Gasteiger partial charge in [-0.2, -0.15) is 0 Å². The van der Waals surface area contributed by atoms with Crippen molar-refractivity contribution in [3.8, 4) is 0 Å². The van der Waals surface area contributed by atoms with Crippen molar-refractivity contribution in [2.45, 2.75) is 42.4 Å². The Morgan fingerprint density at radius 1 is 1.12 bits per heavy atom. The minimum absolute atomic E-state index is 0.0190. The van der Waals surface area contributed by atoms with Crippen molar-refractivity contribution >= 4 is 39.1 Å². The number of hydrogen-bond acceptors (Lipinski definition) is 6. The first-order valence-electron chi connectivity index (χ1n) is 10.8. The highest BCUT2D eigenvalue weighted by Gasteiger charge is 2.34. The van der Waals surface area contributed by atoms with E-state index in [9.17, 15) is 18.0 Å². The summed E-state index contributed by atoms with van der Waals surface area (Å²) in [5.41, 5.74) is 0.633. The average molecular weight is 476 g/mol. The summed E-state index contributed by atoms with van der Waals surface area (Å²) in [6.07, 6.45) is 6.61. The van der Waals surface area contributed by atoms with E-state index in [1.54, 1.807) is 48.8 Å². The Balaban J connectivity index is 1.58. The maximum Gasteiger partial charge on any atom is 0.234 e. The number of hydrogen-bond donors (Lipinski definition) is 2. The SMILES string of the molecule is CCNC(=O)C1CCCCC1CS(=O)(=O)c1ccc(SCC(=O)Nc2cccnc2)cc1. The number of amides is 2. The van der Waals surface area contributed by atoms with E-state index in [1.807, 2.05) is 6.92 Å². The van der Waals surface area contributed by atoms with Crippen LogP contribution in [0, 0.1) is 11.8 Å². The van der Waals surface area contributed by atoms with Crippen LogP contribution in [0.3, 0.4) is 0 Å². The minimum Gasteiger partial charge on any atom is -0.356 e. The van der Waals surface area contributed by atoms with Gasteiger partial charge in [0.15, 0.2) is 9.84 Å². The van der Waals surface area contributed by atoms with Crippen molar-refractivity contribution in [3.05, 3.63) is 48.8 Å². The molecule has 1 aliphatic carbocycles. The second kappa shape index (κ2) is 11.5. The number of thioether (sulfide) groups is 1. The number of carbonyl (C=O) groups excluding carboxylic acids is 2. The zero-order valence-corrected chi connectivity index (χ0v) is 19.8. The maximum atomic E-state index is 13.0. The highest BCUT2D eigenvalue weighted by Crippen LogP contribution is 2.33. The van der Waals surface area contributed by atoms with E-state index in [1.165, 1.54) is 11.8 Å². The summed E-state index contributed by atoms with van der Waals surface area (Å²) in [5, 5.41) is 5.61. The number of rotatable bonds is 9. The molecule has 7 nitrogen and oxygen atoms in total. The van der Waals surface area contributed by atoms with Crippen LogP contribution in [-0.4, -0.2) is 43.3 Å². The molecule has 2 atom stereocenters. The zero-order chi connectivity index (χ0) is 23.0. The summed E-state index contributed by atoms with van der Waals surface area (Å²) in [7, 11) is -3.51. The van der Waals surface area contributed by atoms with Crippen LogP contribution in [0.25, 0.3) is 0 Å². The van der Waals surface area contributed by atoms with E-state index >= 15 is 0 Å². The fourth-order valence-electron chi connectivity index (χ4n) is 3.96. The lowest BCUT2D eigenvalue weighted by Gasteiger charge is -2.30. The van der Waals surface area contributed by atoms with Gasteiger partial charge in [-0.1, -0.05) is 12.8 Å². The largest absolute Gasteiger partial charge is 0.356 e. The predicted molar refractivity (Wildman–Crippen MR) is 126 cm³/mol. The van der Waals surface area contributed by atoms with Crippen LogP contribution in [0.2, 0.25) is 0 Å². The molecular formula is C23H29N3O4S2. The third-order valence-corrected chi connectivity index (χ3v) is 8.40. The summed E-state index contributed by atoms with van der Waals surface area (Å²) in [6, 6.07) is 10.1. The standard InChI is InChI=1S/C23H29N3O4S2/c1-2-25-23(28)21-8-4-3-6-17(21)16-32(29,30)20-11-9-19(10-12-20)31-15-22(27)26-18-7-5-13-24-14-18/h5,7,9-14,17,21H,2-4,6,8,15-16H2,1H3,(H,25,28)(H,26,27). The van der Waals surface area contributed by atoms with Gasteiger partial charge in [0.1, 0.15) is 0 Å². The van der Waals surface area contributed by atoms with Crippen molar-refractivity contribution in [1.29, 1.82) is 0 Å². The number of benzene rings is 1. The molecule has 2 amide bonds. The Hall–Kier alpha value is -2.39. The quantitative estimate of drug-likeness (QED) is 0.538. The molecule has 2 unspecified atom stereocenters. The Labute approximate surface area is 193 Å². The summed E-state index contributed by atoms with van der Waals surface area (Å²) in [5.74, 6) is -0.416. The molecule has 3 rings (SSSR count). The third-order valence-electron chi connectivity index (χ3n) is 5.53. The van der Waals surface area contributed by atoms with Crippen LogP contribution < -0.4 is 10.6 Å². The van der Waals surface area contributed by atoms with Gasteiger partial charge >= 0.3 is 0 Å². The Morgan fingerprint density at radius 2 is 1.88 bits per heavy atom. The molecule has 0 saturated heterocycles. The lowest BCUT2D eigenvalue weighted by Crippen LogP contribution is -2.39.